The first kappa shape index (κ1) is 14.9. The van der Waals surface area contributed by atoms with E-state index in [2.05, 4.69) is 17.1 Å². The maximum Gasteiger partial charge on any atom is 0.251 e. The van der Waals surface area contributed by atoms with Crippen LogP contribution in [0.3, 0.4) is 0 Å². The molecule has 1 saturated heterocycles. The predicted octanol–water partition coefficient (Wildman–Crippen LogP) is 2.04. The molecule has 3 N–H and O–H groups in total. The number of carbonyl (C=O) groups is 1. The molecule has 20 heavy (non-hydrogen) atoms. The van der Waals surface area contributed by atoms with Crippen molar-refractivity contribution in [1.82, 2.24) is 10.2 Å². The number of hydrogen-bond donors (Lipinski definition) is 2. The van der Waals surface area contributed by atoms with Gasteiger partial charge in [-0.25, -0.2) is 0 Å². The largest absolute Gasteiger partial charge is 0.399 e. The predicted molar refractivity (Wildman–Crippen MR) is 82.8 cm³/mol. The molecule has 1 aliphatic heterocycles. The first-order chi connectivity index (χ1) is 9.56. The summed E-state index contributed by atoms with van der Waals surface area (Å²) in [5.74, 6) is 0.466. The molecule has 1 aromatic rings. The molecular weight excluding hydrogens is 250 g/mol. The third-order valence-corrected chi connectivity index (χ3v) is 3.91. The number of amides is 1. The number of nitrogens with one attached hydrogen (secondary N) is 1. The second kappa shape index (κ2) is 6.75. The molecule has 110 valence electrons. The molecule has 4 nitrogen and oxygen atoms in total. The van der Waals surface area contributed by atoms with Gasteiger partial charge < -0.3 is 16.0 Å². The minimum absolute atomic E-state index is 0.0126. The number of likely N-dealkylation sites (tertiary alicyclic amines) is 1. The van der Waals surface area contributed by atoms with Crippen molar-refractivity contribution in [3.63, 3.8) is 0 Å². The number of nitrogen functional groups attached to an aromatic ring is 1. The Bertz CT molecular complexity index is 467. The van der Waals surface area contributed by atoms with Crippen molar-refractivity contribution < 1.29 is 4.79 Å². The minimum Gasteiger partial charge on any atom is -0.399 e. The number of carbonyl (C=O) groups excluding carboxylic acids is 1. The quantitative estimate of drug-likeness (QED) is 0.809. The summed E-state index contributed by atoms with van der Waals surface area (Å²) in [5.41, 5.74) is 8.12. The Labute approximate surface area is 121 Å². The third kappa shape index (κ3) is 3.97. The van der Waals surface area contributed by atoms with Crippen LogP contribution in [0.2, 0.25) is 0 Å². The van der Waals surface area contributed by atoms with E-state index in [1.54, 1.807) is 12.1 Å². The zero-order chi connectivity index (χ0) is 14.5. The molecule has 1 amide bonds. The van der Waals surface area contributed by atoms with E-state index in [9.17, 15) is 4.79 Å². The maximum absolute atomic E-state index is 12.1. The van der Waals surface area contributed by atoms with E-state index in [4.69, 9.17) is 5.73 Å². The molecular formula is C16H25N3O. The Morgan fingerprint density at radius 1 is 1.40 bits per heavy atom. The number of anilines is 1. The van der Waals surface area contributed by atoms with Gasteiger partial charge in [0.05, 0.1) is 0 Å². The SMILES string of the molecule is Cc1cc(C(=O)NCC(C)CN2CCCC2)ccc1N. The van der Waals surface area contributed by atoms with Gasteiger partial charge in [-0.1, -0.05) is 6.92 Å². The number of nitrogens with two attached hydrogens (primary N) is 1. The number of benzene rings is 1. The van der Waals surface area contributed by atoms with Gasteiger partial charge >= 0.3 is 0 Å². The molecule has 0 bridgehead atoms. The summed E-state index contributed by atoms with van der Waals surface area (Å²) in [4.78, 5) is 14.6. The number of nitrogens with zero attached hydrogens (tertiary/aromatic N) is 1. The lowest BCUT2D eigenvalue weighted by Crippen LogP contribution is -2.34. The van der Waals surface area contributed by atoms with Gasteiger partial charge in [-0.15, -0.1) is 0 Å². The second-order valence-electron chi connectivity index (χ2n) is 5.89. The Balaban J connectivity index is 1.80. The molecule has 0 aromatic heterocycles. The van der Waals surface area contributed by atoms with Gasteiger partial charge in [0.15, 0.2) is 0 Å². The Morgan fingerprint density at radius 3 is 2.75 bits per heavy atom. The van der Waals surface area contributed by atoms with Crippen molar-refractivity contribution in [3.8, 4) is 0 Å². The van der Waals surface area contributed by atoms with Crippen molar-refractivity contribution >= 4 is 11.6 Å². The van der Waals surface area contributed by atoms with Gasteiger partial charge in [0.25, 0.3) is 5.91 Å². The van der Waals surface area contributed by atoms with E-state index in [0.29, 0.717) is 11.5 Å². The molecule has 0 aliphatic carbocycles. The topological polar surface area (TPSA) is 58.4 Å². The zero-order valence-corrected chi connectivity index (χ0v) is 12.5. The standard InChI is InChI=1S/C16H25N3O/c1-12(11-19-7-3-4-8-19)10-18-16(20)14-5-6-15(17)13(2)9-14/h5-6,9,12H,3-4,7-8,10-11,17H2,1-2H3,(H,18,20). The van der Waals surface area contributed by atoms with E-state index in [1.807, 2.05) is 13.0 Å². The average molecular weight is 275 g/mol. The summed E-state index contributed by atoms with van der Waals surface area (Å²) < 4.78 is 0. The molecule has 4 heteroatoms. The van der Waals surface area contributed by atoms with Crippen molar-refractivity contribution in [2.45, 2.75) is 26.7 Å². The molecule has 1 unspecified atom stereocenters. The monoisotopic (exact) mass is 275 g/mol. The van der Waals surface area contributed by atoms with Gasteiger partial charge in [-0.3, -0.25) is 4.79 Å². The van der Waals surface area contributed by atoms with Crippen LogP contribution in [-0.2, 0) is 0 Å². The molecule has 2 rings (SSSR count). The lowest BCUT2D eigenvalue weighted by molar-refractivity contribution is 0.0945. The highest BCUT2D eigenvalue weighted by Crippen LogP contribution is 2.13. The lowest BCUT2D eigenvalue weighted by Gasteiger charge is -2.20. The summed E-state index contributed by atoms with van der Waals surface area (Å²) in [5, 5.41) is 3.01. The van der Waals surface area contributed by atoms with Crippen LogP contribution in [0.4, 0.5) is 5.69 Å². The molecule has 0 spiro atoms. The van der Waals surface area contributed by atoms with Gasteiger partial charge in [0.1, 0.15) is 0 Å². The fourth-order valence-electron chi connectivity index (χ4n) is 2.66. The van der Waals surface area contributed by atoms with Crippen LogP contribution in [0.5, 0.6) is 0 Å². The summed E-state index contributed by atoms with van der Waals surface area (Å²) in [6.07, 6.45) is 2.62. The number of rotatable bonds is 5. The van der Waals surface area contributed by atoms with E-state index in [-0.39, 0.29) is 5.91 Å². The summed E-state index contributed by atoms with van der Waals surface area (Å²) in [6.45, 7) is 8.31. The van der Waals surface area contributed by atoms with Crippen molar-refractivity contribution in [2.75, 3.05) is 31.9 Å². The van der Waals surface area contributed by atoms with Gasteiger partial charge in [-0.05, 0) is 62.5 Å². The van der Waals surface area contributed by atoms with Crippen molar-refractivity contribution in [2.24, 2.45) is 5.92 Å². The van der Waals surface area contributed by atoms with Crippen LogP contribution in [0.15, 0.2) is 18.2 Å². The van der Waals surface area contributed by atoms with Crippen molar-refractivity contribution in [1.29, 1.82) is 0 Å². The van der Waals surface area contributed by atoms with Crippen LogP contribution in [-0.4, -0.2) is 37.0 Å². The minimum atomic E-state index is -0.0126. The molecule has 1 aromatic carbocycles. The van der Waals surface area contributed by atoms with E-state index < -0.39 is 0 Å². The lowest BCUT2D eigenvalue weighted by atomic mass is 10.1. The number of hydrogen-bond acceptors (Lipinski definition) is 3. The first-order valence-electron chi connectivity index (χ1n) is 7.43. The molecule has 1 heterocycles. The summed E-state index contributed by atoms with van der Waals surface area (Å²) in [6, 6.07) is 5.41. The van der Waals surface area contributed by atoms with Crippen LogP contribution in [0.1, 0.15) is 35.7 Å². The maximum atomic E-state index is 12.1. The molecule has 0 saturated carbocycles. The van der Waals surface area contributed by atoms with Gasteiger partial charge in [0, 0.05) is 24.3 Å². The van der Waals surface area contributed by atoms with Crippen LogP contribution >= 0.6 is 0 Å². The Hall–Kier alpha value is -1.55. The zero-order valence-electron chi connectivity index (χ0n) is 12.5. The fourth-order valence-corrected chi connectivity index (χ4v) is 2.66. The van der Waals surface area contributed by atoms with Crippen molar-refractivity contribution in [3.05, 3.63) is 29.3 Å². The Kier molecular flexibility index (Phi) is 5.01. The molecule has 1 fully saturated rings. The number of aryl methyl sites for hydroxylation is 1. The average Bonchev–Trinajstić information content (AvgIpc) is 2.92. The van der Waals surface area contributed by atoms with Crippen LogP contribution in [0.25, 0.3) is 0 Å². The summed E-state index contributed by atoms with van der Waals surface area (Å²) >= 11 is 0. The Morgan fingerprint density at radius 2 is 2.10 bits per heavy atom. The van der Waals surface area contributed by atoms with E-state index >= 15 is 0 Å². The van der Waals surface area contributed by atoms with Gasteiger partial charge in [-0.2, -0.15) is 0 Å². The highest BCUT2D eigenvalue weighted by molar-refractivity contribution is 5.94. The summed E-state index contributed by atoms with van der Waals surface area (Å²) in [7, 11) is 0. The van der Waals surface area contributed by atoms with Gasteiger partial charge in [0.2, 0.25) is 0 Å². The molecule has 1 aliphatic rings. The van der Waals surface area contributed by atoms with E-state index in [0.717, 1.165) is 24.3 Å². The fraction of sp³-hybridized carbons (Fsp3) is 0.562. The third-order valence-electron chi connectivity index (χ3n) is 3.91. The smallest absolute Gasteiger partial charge is 0.251 e. The normalized spacial score (nSPS) is 17.1. The first-order valence-corrected chi connectivity index (χ1v) is 7.43. The van der Waals surface area contributed by atoms with Crippen LogP contribution in [0, 0.1) is 12.8 Å². The van der Waals surface area contributed by atoms with E-state index in [1.165, 1.54) is 25.9 Å². The molecule has 1 atom stereocenters. The second-order valence-corrected chi connectivity index (χ2v) is 5.89. The van der Waals surface area contributed by atoms with Crippen LogP contribution < -0.4 is 11.1 Å². The molecule has 0 radical (unpaired) electrons. The highest BCUT2D eigenvalue weighted by Gasteiger charge is 2.15. The highest BCUT2D eigenvalue weighted by atomic mass is 16.1.